The summed E-state index contributed by atoms with van der Waals surface area (Å²) < 4.78 is 24.4. The van der Waals surface area contributed by atoms with Gasteiger partial charge in [0.1, 0.15) is 0 Å². The average molecular weight is 316 g/mol. The van der Waals surface area contributed by atoms with Gasteiger partial charge in [0.15, 0.2) is 0 Å². The van der Waals surface area contributed by atoms with Crippen molar-refractivity contribution in [2.45, 2.75) is 13.0 Å². The molecule has 0 aliphatic rings. The average Bonchev–Trinajstić information content (AvgIpc) is 2.24. The topological polar surface area (TPSA) is 76.3 Å². The monoisotopic (exact) mass is 315 g/mol. The highest BCUT2D eigenvalue weighted by Gasteiger charge is 2.15. The SMILES string of the molecule is CS(=O)(=O)N(CCCN)Cc1cccnc1.Cl.Cl. The molecule has 0 aliphatic carbocycles. The van der Waals surface area contributed by atoms with E-state index in [1.807, 2.05) is 6.07 Å². The normalized spacial score (nSPS) is 10.6. The minimum atomic E-state index is -3.19. The van der Waals surface area contributed by atoms with Gasteiger partial charge in [-0.1, -0.05) is 6.07 Å². The van der Waals surface area contributed by atoms with E-state index in [-0.39, 0.29) is 24.8 Å². The third kappa shape index (κ3) is 7.13. The summed E-state index contributed by atoms with van der Waals surface area (Å²) in [5.41, 5.74) is 6.26. The first-order valence-electron chi connectivity index (χ1n) is 5.08. The van der Waals surface area contributed by atoms with Crippen molar-refractivity contribution in [3.8, 4) is 0 Å². The highest BCUT2D eigenvalue weighted by molar-refractivity contribution is 7.88. The van der Waals surface area contributed by atoms with E-state index in [1.54, 1.807) is 18.5 Å². The lowest BCUT2D eigenvalue weighted by Gasteiger charge is -2.19. The second kappa shape index (κ2) is 9.52. The number of rotatable bonds is 6. The summed E-state index contributed by atoms with van der Waals surface area (Å²) in [6.07, 6.45) is 5.20. The van der Waals surface area contributed by atoms with Crippen LogP contribution in [0.5, 0.6) is 0 Å². The minimum absolute atomic E-state index is 0. The molecular formula is C10H19Cl2N3O2S. The van der Waals surface area contributed by atoms with Crippen molar-refractivity contribution in [2.75, 3.05) is 19.3 Å². The Balaban J connectivity index is 0. The molecule has 0 aliphatic heterocycles. The molecule has 0 saturated carbocycles. The zero-order valence-corrected chi connectivity index (χ0v) is 12.6. The van der Waals surface area contributed by atoms with Gasteiger partial charge in [-0.05, 0) is 24.6 Å². The van der Waals surface area contributed by atoms with Gasteiger partial charge in [-0.2, -0.15) is 4.31 Å². The van der Waals surface area contributed by atoms with Crippen molar-refractivity contribution in [3.63, 3.8) is 0 Å². The summed E-state index contributed by atoms with van der Waals surface area (Å²) in [5, 5.41) is 0. The van der Waals surface area contributed by atoms with Crippen LogP contribution in [0.1, 0.15) is 12.0 Å². The van der Waals surface area contributed by atoms with Crippen LogP contribution in [0.25, 0.3) is 0 Å². The molecule has 0 radical (unpaired) electrons. The molecule has 0 bridgehead atoms. The van der Waals surface area contributed by atoms with E-state index in [2.05, 4.69) is 4.98 Å². The maximum atomic E-state index is 11.5. The Morgan fingerprint density at radius 2 is 2.06 bits per heavy atom. The van der Waals surface area contributed by atoms with Crippen LogP contribution < -0.4 is 5.73 Å². The molecule has 0 aromatic carbocycles. The zero-order valence-electron chi connectivity index (χ0n) is 10.2. The zero-order chi connectivity index (χ0) is 12.0. The number of aromatic nitrogens is 1. The van der Waals surface area contributed by atoms with Crippen molar-refractivity contribution in [3.05, 3.63) is 30.1 Å². The maximum absolute atomic E-state index is 11.5. The molecule has 18 heavy (non-hydrogen) atoms. The van der Waals surface area contributed by atoms with E-state index >= 15 is 0 Å². The largest absolute Gasteiger partial charge is 0.330 e. The predicted octanol–water partition coefficient (Wildman–Crippen LogP) is 1.04. The number of halogens is 2. The van der Waals surface area contributed by atoms with Crippen LogP contribution in [-0.4, -0.2) is 37.1 Å². The Hall–Kier alpha value is -0.400. The van der Waals surface area contributed by atoms with Gasteiger partial charge in [0.25, 0.3) is 0 Å². The Morgan fingerprint density at radius 1 is 1.39 bits per heavy atom. The smallest absolute Gasteiger partial charge is 0.211 e. The van der Waals surface area contributed by atoms with E-state index in [4.69, 9.17) is 5.73 Å². The Kier molecular flexibility index (Phi) is 10.5. The van der Waals surface area contributed by atoms with Gasteiger partial charge in [-0.3, -0.25) is 4.98 Å². The molecule has 0 amide bonds. The molecule has 5 nitrogen and oxygen atoms in total. The summed E-state index contributed by atoms with van der Waals surface area (Å²) in [6, 6.07) is 3.65. The lowest BCUT2D eigenvalue weighted by atomic mass is 10.3. The van der Waals surface area contributed by atoms with Gasteiger partial charge in [0.2, 0.25) is 10.0 Å². The lowest BCUT2D eigenvalue weighted by Crippen LogP contribution is -2.31. The summed E-state index contributed by atoms with van der Waals surface area (Å²) in [4.78, 5) is 3.95. The van der Waals surface area contributed by atoms with Crippen LogP contribution >= 0.6 is 24.8 Å². The molecule has 0 spiro atoms. The van der Waals surface area contributed by atoms with E-state index in [1.165, 1.54) is 10.6 Å². The second-order valence-electron chi connectivity index (χ2n) is 3.60. The van der Waals surface area contributed by atoms with Gasteiger partial charge in [-0.15, -0.1) is 24.8 Å². The van der Waals surface area contributed by atoms with Gasteiger partial charge < -0.3 is 5.73 Å². The highest BCUT2D eigenvalue weighted by Crippen LogP contribution is 2.07. The highest BCUT2D eigenvalue weighted by atomic mass is 35.5. The van der Waals surface area contributed by atoms with E-state index in [9.17, 15) is 8.42 Å². The summed E-state index contributed by atoms with van der Waals surface area (Å²) in [6.45, 7) is 1.29. The molecule has 1 rings (SSSR count). The van der Waals surface area contributed by atoms with Crippen molar-refractivity contribution in [1.82, 2.24) is 9.29 Å². The molecule has 0 unspecified atom stereocenters. The van der Waals surface area contributed by atoms with Gasteiger partial charge in [0.05, 0.1) is 6.26 Å². The molecular weight excluding hydrogens is 297 g/mol. The standard InChI is InChI=1S/C10H17N3O2S.2ClH/c1-16(14,15)13(7-3-5-11)9-10-4-2-6-12-8-10;;/h2,4,6,8H,3,5,7,9,11H2,1H3;2*1H. The van der Waals surface area contributed by atoms with Crippen LogP contribution in [0, 0.1) is 0 Å². The molecule has 1 aromatic heterocycles. The predicted molar refractivity (Wildman–Crippen MR) is 77.7 cm³/mol. The van der Waals surface area contributed by atoms with E-state index in [0.29, 0.717) is 26.1 Å². The molecule has 1 heterocycles. The van der Waals surface area contributed by atoms with Crippen molar-refractivity contribution in [2.24, 2.45) is 5.73 Å². The van der Waals surface area contributed by atoms with Gasteiger partial charge in [-0.25, -0.2) is 8.42 Å². The van der Waals surface area contributed by atoms with Crippen LogP contribution in [-0.2, 0) is 16.6 Å². The van der Waals surface area contributed by atoms with Crippen molar-refractivity contribution in [1.29, 1.82) is 0 Å². The first-order valence-corrected chi connectivity index (χ1v) is 6.93. The molecule has 0 saturated heterocycles. The van der Waals surface area contributed by atoms with Gasteiger partial charge in [0, 0.05) is 25.5 Å². The van der Waals surface area contributed by atoms with Crippen LogP contribution in [0.2, 0.25) is 0 Å². The number of nitrogens with two attached hydrogens (primary N) is 1. The third-order valence-electron chi connectivity index (χ3n) is 2.16. The van der Waals surface area contributed by atoms with E-state index < -0.39 is 10.0 Å². The number of nitrogens with zero attached hydrogens (tertiary/aromatic N) is 2. The first kappa shape index (κ1) is 19.9. The lowest BCUT2D eigenvalue weighted by molar-refractivity contribution is 0.405. The van der Waals surface area contributed by atoms with E-state index in [0.717, 1.165) is 5.56 Å². The van der Waals surface area contributed by atoms with Crippen molar-refractivity contribution < 1.29 is 8.42 Å². The number of pyridine rings is 1. The first-order chi connectivity index (χ1) is 7.54. The number of hydrogen-bond donors (Lipinski definition) is 1. The quantitative estimate of drug-likeness (QED) is 0.850. The summed E-state index contributed by atoms with van der Waals surface area (Å²) >= 11 is 0. The molecule has 0 atom stereocenters. The molecule has 0 fully saturated rings. The van der Waals surface area contributed by atoms with Crippen LogP contribution in [0.15, 0.2) is 24.5 Å². The Labute approximate surface area is 121 Å². The number of hydrogen-bond acceptors (Lipinski definition) is 4. The summed E-state index contributed by atoms with van der Waals surface area (Å²) in [5.74, 6) is 0. The third-order valence-corrected chi connectivity index (χ3v) is 3.41. The fourth-order valence-electron chi connectivity index (χ4n) is 1.33. The Morgan fingerprint density at radius 3 is 2.50 bits per heavy atom. The second-order valence-corrected chi connectivity index (χ2v) is 5.58. The molecule has 106 valence electrons. The minimum Gasteiger partial charge on any atom is -0.330 e. The molecule has 2 N–H and O–H groups in total. The number of sulfonamides is 1. The fourth-order valence-corrected chi connectivity index (χ4v) is 2.17. The molecule has 1 aromatic rings. The fraction of sp³-hybridized carbons (Fsp3) is 0.500. The van der Waals surface area contributed by atoms with Crippen LogP contribution in [0.3, 0.4) is 0 Å². The van der Waals surface area contributed by atoms with Crippen molar-refractivity contribution >= 4 is 34.8 Å². The van der Waals surface area contributed by atoms with Gasteiger partial charge >= 0.3 is 0 Å². The van der Waals surface area contributed by atoms with Crippen LogP contribution in [0.4, 0.5) is 0 Å². The molecule has 8 heteroatoms. The Bertz CT molecular complexity index is 414. The maximum Gasteiger partial charge on any atom is 0.211 e. The summed E-state index contributed by atoms with van der Waals surface area (Å²) in [7, 11) is -3.19.